The van der Waals surface area contributed by atoms with Gasteiger partial charge in [0, 0.05) is 18.8 Å². The molecular weight excluding hydrogens is 489 g/mol. The molecule has 1 aliphatic rings. The van der Waals surface area contributed by atoms with Crippen LogP contribution in [0.1, 0.15) is 44.6 Å². The van der Waals surface area contributed by atoms with E-state index in [2.05, 4.69) is 9.69 Å². The van der Waals surface area contributed by atoms with Gasteiger partial charge in [0.1, 0.15) is 22.5 Å². The zero-order chi connectivity index (χ0) is 25.8. The first-order valence-electron chi connectivity index (χ1n) is 11.1. The quantitative estimate of drug-likeness (QED) is 0.359. The number of nitrogens with two attached hydrogens (primary N) is 2. The van der Waals surface area contributed by atoms with Crippen molar-refractivity contribution in [3.05, 3.63) is 70.5 Å². The fourth-order valence-electron chi connectivity index (χ4n) is 3.94. The first-order valence-corrected chi connectivity index (χ1v) is 11.9. The number of halogens is 1. The molecule has 12 heteroatoms. The summed E-state index contributed by atoms with van der Waals surface area (Å²) in [5.41, 5.74) is 11.2. The molecule has 1 aromatic heterocycles. The van der Waals surface area contributed by atoms with E-state index in [9.17, 15) is 23.9 Å². The van der Waals surface area contributed by atoms with Crippen molar-refractivity contribution >= 4 is 40.6 Å². The highest BCUT2D eigenvalue weighted by Crippen LogP contribution is 2.34. The summed E-state index contributed by atoms with van der Waals surface area (Å²) < 4.78 is 23.7. The van der Waals surface area contributed by atoms with Crippen LogP contribution in [0.4, 0.5) is 15.8 Å². The Labute approximate surface area is 209 Å². The zero-order valence-corrected chi connectivity index (χ0v) is 19.8. The lowest BCUT2D eigenvalue weighted by Gasteiger charge is -2.31. The summed E-state index contributed by atoms with van der Waals surface area (Å²) >= 11 is 0.648. The molecule has 0 bridgehead atoms. The van der Waals surface area contributed by atoms with Crippen LogP contribution in [-0.4, -0.2) is 46.5 Å². The van der Waals surface area contributed by atoms with Gasteiger partial charge in [-0.3, -0.25) is 19.3 Å². The topological polar surface area (TPSA) is 161 Å². The number of phenolic OH excluding ortho intramolecular Hbond substituents is 1. The van der Waals surface area contributed by atoms with Gasteiger partial charge >= 0.3 is 0 Å². The molecule has 1 fully saturated rings. The number of aromatic nitrogens is 1. The Hall–Kier alpha value is -4.03. The van der Waals surface area contributed by atoms with Crippen molar-refractivity contribution in [3.8, 4) is 5.75 Å². The van der Waals surface area contributed by atoms with Gasteiger partial charge in [-0.15, -0.1) is 0 Å². The van der Waals surface area contributed by atoms with E-state index in [1.165, 1.54) is 42.5 Å². The second-order valence-electron chi connectivity index (χ2n) is 8.17. The van der Waals surface area contributed by atoms with Crippen molar-refractivity contribution in [2.24, 2.45) is 5.73 Å². The number of carbonyl (C=O) groups is 3. The van der Waals surface area contributed by atoms with E-state index in [4.69, 9.17) is 16.2 Å². The number of hydrogen-bond acceptors (Lipinski definition) is 8. The molecule has 2 heterocycles. The maximum atomic E-state index is 14.3. The molecule has 1 aliphatic heterocycles. The molecule has 1 saturated heterocycles. The third-order valence-corrected chi connectivity index (χ3v) is 6.56. The number of amides is 3. The highest BCUT2D eigenvalue weighted by Gasteiger charge is 2.36. The smallest absolute Gasteiger partial charge is 0.273 e. The molecule has 0 unspecified atom stereocenters. The highest BCUT2D eigenvalue weighted by molar-refractivity contribution is 7.09. The van der Waals surface area contributed by atoms with Crippen LogP contribution in [0.15, 0.2) is 48.5 Å². The highest BCUT2D eigenvalue weighted by atomic mass is 32.1. The molecule has 6 N–H and O–H groups in total. The SMILES string of the molecule is NC(=O)c1nsc(C(=O)N(c2cccc(F)c2)[C@@H](C(=O)NC[C@@H]2CCCO2)c2ccc(O)cc2)c1N. The molecule has 0 radical (unpaired) electrons. The lowest BCUT2D eigenvalue weighted by Crippen LogP contribution is -2.45. The molecule has 0 spiro atoms. The van der Waals surface area contributed by atoms with Gasteiger partial charge < -0.3 is 26.6 Å². The van der Waals surface area contributed by atoms with Crippen LogP contribution in [0, 0.1) is 5.82 Å². The zero-order valence-electron chi connectivity index (χ0n) is 19.0. The van der Waals surface area contributed by atoms with Crippen LogP contribution in [0.2, 0.25) is 0 Å². The first-order chi connectivity index (χ1) is 17.3. The Balaban J connectivity index is 1.80. The van der Waals surface area contributed by atoms with E-state index >= 15 is 0 Å². The minimum absolute atomic E-state index is 0.0429. The number of hydrogen-bond donors (Lipinski definition) is 4. The number of ether oxygens (including phenoxy) is 1. The van der Waals surface area contributed by atoms with Crippen molar-refractivity contribution in [3.63, 3.8) is 0 Å². The summed E-state index contributed by atoms with van der Waals surface area (Å²) in [6.45, 7) is 0.815. The Bertz CT molecular complexity index is 1280. The number of rotatable bonds is 8. The van der Waals surface area contributed by atoms with Crippen molar-refractivity contribution in [1.29, 1.82) is 0 Å². The lowest BCUT2D eigenvalue weighted by atomic mass is 10.0. The van der Waals surface area contributed by atoms with Crippen LogP contribution < -0.4 is 21.7 Å². The molecule has 0 aliphatic carbocycles. The van der Waals surface area contributed by atoms with Gasteiger partial charge in [0.25, 0.3) is 11.8 Å². The van der Waals surface area contributed by atoms with E-state index in [1.807, 2.05) is 0 Å². The molecule has 3 aromatic rings. The van der Waals surface area contributed by atoms with Crippen LogP contribution in [-0.2, 0) is 9.53 Å². The Morgan fingerprint density at radius 1 is 1.25 bits per heavy atom. The Morgan fingerprint density at radius 2 is 2.00 bits per heavy atom. The number of aromatic hydroxyl groups is 1. The fraction of sp³-hybridized carbons (Fsp3) is 0.250. The van der Waals surface area contributed by atoms with Crippen LogP contribution in [0.25, 0.3) is 0 Å². The number of phenols is 1. The van der Waals surface area contributed by atoms with E-state index < -0.39 is 29.6 Å². The van der Waals surface area contributed by atoms with Gasteiger partial charge in [0.15, 0.2) is 5.69 Å². The number of anilines is 2. The molecule has 2 atom stereocenters. The van der Waals surface area contributed by atoms with Crippen molar-refractivity contribution in [2.75, 3.05) is 23.8 Å². The summed E-state index contributed by atoms with van der Waals surface area (Å²) in [6.07, 6.45) is 1.50. The summed E-state index contributed by atoms with van der Waals surface area (Å²) in [6, 6.07) is 9.58. The second-order valence-corrected chi connectivity index (χ2v) is 8.94. The number of nitrogens with one attached hydrogen (secondary N) is 1. The summed E-state index contributed by atoms with van der Waals surface area (Å²) in [5, 5.41) is 12.6. The van der Waals surface area contributed by atoms with Crippen molar-refractivity contribution in [2.45, 2.75) is 25.0 Å². The summed E-state index contributed by atoms with van der Waals surface area (Å²) in [7, 11) is 0. The lowest BCUT2D eigenvalue weighted by molar-refractivity contribution is -0.123. The first kappa shape index (κ1) is 25.1. The summed E-state index contributed by atoms with van der Waals surface area (Å²) in [4.78, 5) is 40.0. The van der Waals surface area contributed by atoms with Gasteiger partial charge in [-0.2, -0.15) is 4.37 Å². The van der Waals surface area contributed by atoms with Crippen LogP contribution in [0.3, 0.4) is 0 Å². The fourth-order valence-corrected chi connectivity index (χ4v) is 4.68. The van der Waals surface area contributed by atoms with Crippen molar-refractivity contribution < 1.29 is 28.6 Å². The van der Waals surface area contributed by atoms with Crippen LogP contribution in [0.5, 0.6) is 5.75 Å². The molecule has 3 amide bonds. The third kappa shape index (κ3) is 5.29. The third-order valence-electron chi connectivity index (χ3n) is 5.70. The number of nitrogens with zero attached hydrogens (tertiary/aromatic N) is 2. The molecule has 4 rings (SSSR count). The maximum Gasteiger partial charge on any atom is 0.273 e. The van der Waals surface area contributed by atoms with Gasteiger partial charge in [0.2, 0.25) is 5.91 Å². The predicted octanol–water partition coefficient (Wildman–Crippen LogP) is 2.35. The van der Waals surface area contributed by atoms with Gasteiger partial charge in [-0.25, -0.2) is 4.39 Å². The number of nitrogen functional groups attached to an aromatic ring is 1. The standard InChI is InChI=1S/C24H24FN5O5S/c25-14-3-1-4-15(11-14)30(24(34)21-18(26)19(22(27)32)29-36-21)20(13-6-8-16(31)9-7-13)23(33)28-12-17-5-2-10-35-17/h1,3-4,6-9,11,17,20,31H,2,5,10,12,26H2,(H2,27,32)(H,28,33)/t17-,20+/m0/s1. The number of carbonyl (C=O) groups excluding carboxylic acids is 3. The Morgan fingerprint density at radius 3 is 2.61 bits per heavy atom. The molecule has 10 nitrogen and oxygen atoms in total. The molecule has 36 heavy (non-hydrogen) atoms. The van der Waals surface area contributed by atoms with E-state index in [-0.39, 0.29) is 40.3 Å². The molecule has 2 aromatic carbocycles. The van der Waals surface area contributed by atoms with E-state index in [0.29, 0.717) is 23.7 Å². The number of primary amides is 1. The average Bonchev–Trinajstić information content (AvgIpc) is 3.51. The average molecular weight is 514 g/mol. The molecule has 0 saturated carbocycles. The van der Waals surface area contributed by atoms with E-state index in [0.717, 1.165) is 23.8 Å². The van der Waals surface area contributed by atoms with Gasteiger partial charge in [-0.1, -0.05) is 18.2 Å². The normalized spacial score (nSPS) is 15.9. The monoisotopic (exact) mass is 513 g/mol. The second kappa shape index (κ2) is 10.7. The van der Waals surface area contributed by atoms with Crippen LogP contribution >= 0.6 is 11.5 Å². The largest absolute Gasteiger partial charge is 0.508 e. The van der Waals surface area contributed by atoms with Crippen molar-refractivity contribution in [1.82, 2.24) is 9.69 Å². The molecular formula is C24H24FN5O5S. The maximum absolute atomic E-state index is 14.3. The Kier molecular flexibility index (Phi) is 7.46. The number of benzene rings is 2. The summed E-state index contributed by atoms with van der Waals surface area (Å²) in [5.74, 6) is -2.94. The minimum atomic E-state index is -1.29. The minimum Gasteiger partial charge on any atom is -0.508 e. The predicted molar refractivity (Wildman–Crippen MR) is 131 cm³/mol. The van der Waals surface area contributed by atoms with E-state index in [1.54, 1.807) is 0 Å². The van der Waals surface area contributed by atoms with Gasteiger partial charge in [-0.05, 0) is 60.3 Å². The molecule has 188 valence electrons. The van der Waals surface area contributed by atoms with Gasteiger partial charge in [0.05, 0.1) is 11.8 Å².